The van der Waals surface area contributed by atoms with Crippen molar-refractivity contribution in [1.29, 1.82) is 0 Å². The molecule has 0 radical (unpaired) electrons. The Bertz CT molecular complexity index is 6.00. The summed E-state index contributed by atoms with van der Waals surface area (Å²) in [5.74, 6) is 0. The maximum atomic E-state index is 2.53. The van der Waals surface area contributed by atoms with Crippen molar-refractivity contribution in [2.45, 2.75) is 0 Å². The topological polar surface area (TPSA) is 0 Å². The molecule has 0 aromatic carbocycles. The van der Waals surface area contributed by atoms with E-state index in [9.17, 15) is 0 Å². The van der Waals surface area contributed by atoms with Gasteiger partial charge in [-0.15, -0.1) is 0 Å². The fraction of sp³-hybridized carbons (Fsp3) is 0. The van der Waals surface area contributed by atoms with Crippen molar-refractivity contribution < 1.29 is 38.8 Å². The van der Waals surface area contributed by atoms with Crippen LogP contribution in [0.15, 0.2) is 0 Å². The van der Waals surface area contributed by atoms with Crippen LogP contribution in [0.4, 0.5) is 0 Å². The Morgan fingerprint density at radius 3 is 1.75 bits per heavy atom. The van der Waals surface area contributed by atoms with E-state index in [0.717, 1.165) is 10.5 Å². The van der Waals surface area contributed by atoms with Gasteiger partial charge in [-0.3, -0.25) is 0 Å². The van der Waals surface area contributed by atoms with Crippen LogP contribution in [0.5, 0.6) is 0 Å². The van der Waals surface area contributed by atoms with E-state index < -0.39 is 0 Å². The predicted octanol–water partition coefficient (Wildman–Crippen LogP) is -1.03. The van der Waals surface area contributed by atoms with Crippen molar-refractivity contribution in [2.24, 2.45) is 0 Å². The minimum Gasteiger partial charge on any atom is 0 e. The molecular weight excluding hydrogens is 438 g/mol. The summed E-state index contributed by atoms with van der Waals surface area (Å²) < 4.78 is 0. The van der Waals surface area contributed by atoms with Crippen molar-refractivity contribution in [1.82, 2.24) is 0 Å². The fourth-order valence-electron chi connectivity index (χ4n) is 0. The maximum Gasteiger partial charge on any atom is 0 e. The monoisotopic (exact) mass is 443 g/mol. The molecule has 0 amide bonds. The van der Waals surface area contributed by atoms with Crippen molar-refractivity contribution in [2.75, 3.05) is 0 Å². The third-order valence-corrected chi connectivity index (χ3v) is 0. The van der Waals surface area contributed by atoms with Crippen LogP contribution < -0.4 is 0 Å². The molecule has 0 spiro atoms. The van der Waals surface area contributed by atoms with Crippen LogP contribution >= 0.6 is 0 Å². The Kier molecular flexibility index (Phi) is 21.8. The zero-order valence-corrected chi connectivity index (χ0v) is 10.2. The maximum absolute atomic E-state index is 2.53. The van der Waals surface area contributed by atoms with Crippen LogP contribution in [0.2, 0.25) is 0 Å². The van der Waals surface area contributed by atoms with E-state index >= 15 is 0 Å². The average Bonchev–Trinajstić information content (AvgIpc) is 0.918. The van der Waals surface area contributed by atoms with Crippen LogP contribution in [0.1, 0.15) is 0 Å². The van der Waals surface area contributed by atoms with Crippen LogP contribution in [0.25, 0.3) is 0 Å². The summed E-state index contributed by atoms with van der Waals surface area (Å²) in [6.45, 7) is 0. The molecule has 25 valence electrons. The van der Waals surface area contributed by atoms with Gasteiger partial charge in [-0.05, 0) is 0 Å². The van der Waals surface area contributed by atoms with E-state index in [0.29, 0.717) is 0 Å². The quantitative estimate of drug-likeness (QED) is 0.424. The normalized spacial score (nSPS) is 4.25. The number of rotatable bonds is 0. The first kappa shape index (κ1) is 9.65. The van der Waals surface area contributed by atoms with Crippen LogP contribution in [0.3, 0.4) is 0 Å². The van der Waals surface area contributed by atoms with Crippen LogP contribution in [-0.2, 0) is 38.8 Å². The van der Waals surface area contributed by atoms with E-state index in [1.54, 1.807) is 0 Å². The standard InChI is InChI=1S/Mo.H2Se2.W/c;1-2;/h;1-2H;/q+1;;/p-1. The van der Waals surface area contributed by atoms with Gasteiger partial charge in [0.2, 0.25) is 0 Å². The summed E-state index contributed by atoms with van der Waals surface area (Å²) in [5, 5.41) is 0. The van der Waals surface area contributed by atoms with Gasteiger partial charge in [0.1, 0.15) is 0 Å². The van der Waals surface area contributed by atoms with Gasteiger partial charge in [-0.25, -0.2) is 0 Å². The Morgan fingerprint density at radius 1 is 1.75 bits per heavy atom. The molecule has 0 aromatic rings. The Hall–Kier alpha value is 2.42. The van der Waals surface area contributed by atoms with E-state index in [1.165, 1.54) is 0 Å². The minimum atomic E-state index is 0. The van der Waals surface area contributed by atoms with Gasteiger partial charge in [-0.2, -0.15) is 0 Å². The largest absolute Gasteiger partial charge is 0 e. The summed E-state index contributed by atoms with van der Waals surface area (Å²) in [4.78, 5) is 0. The third kappa shape index (κ3) is 8.83. The van der Waals surface area contributed by atoms with Gasteiger partial charge in [0, 0.05) is 21.1 Å². The molecule has 0 fully saturated rings. The minimum absolute atomic E-state index is 0. The molecule has 0 nitrogen and oxygen atoms in total. The first-order valence-electron chi connectivity index (χ1n) is 0.349. The second-order valence-corrected chi connectivity index (χ2v) is 11.9. The van der Waals surface area contributed by atoms with Gasteiger partial charge < -0.3 is 0 Å². The second kappa shape index (κ2) is 9.05. The molecule has 0 unspecified atom stereocenters. The molecule has 0 aliphatic rings. The summed E-state index contributed by atoms with van der Waals surface area (Å²) in [6.07, 6.45) is 0. The molecule has 0 bridgehead atoms. The summed E-state index contributed by atoms with van der Waals surface area (Å²) in [6, 6.07) is 0. The van der Waals surface area contributed by atoms with E-state index in [-0.39, 0.29) is 21.1 Å². The molecule has 0 aromatic heterocycles. The third-order valence-electron chi connectivity index (χ3n) is 0. The first-order chi connectivity index (χ1) is 1.41. The molecule has 4 heteroatoms. The molecule has 0 aliphatic carbocycles. The molecule has 4 heavy (non-hydrogen) atoms. The smallest absolute Gasteiger partial charge is 0 e. The van der Waals surface area contributed by atoms with Gasteiger partial charge >= 0.3 is 42.4 Å². The zero-order valence-electron chi connectivity index (χ0n) is 1.67. The van der Waals surface area contributed by atoms with Gasteiger partial charge in [0.15, 0.2) is 0 Å². The number of hydrogen-bond acceptors (Lipinski definition) is 0. The second-order valence-electron chi connectivity index (χ2n) is 0.0745. The Morgan fingerprint density at radius 2 is 1.75 bits per heavy atom. The zero-order chi connectivity index (χ0) is 2.71. The average molecular weight is 439 g/mol. The summed E-state index contributed by atoms with van der Waals surface area (Å²) in [7, 11) is 0.822. The Labute approximate surface area is 62.5 Å². The molecule has 0 rings (SSSR count). The van der Waals surface area contributed by atoms with Gasteiger partial charge in [-0.1, -0.05) is 0 Å². The van der Waals surface area contributed by atoms with Gasteiger partial charge in [0.05, 0.1) is 0 Å². The van der Waals surface area contributed by atoms with Crippen molar-refractivity contribution in [3.05, 3.63) is 0 Å². The molecule has 0 saturated heterocycles. The van der Waals surface area contributed by atoms with Crippen molar-refractivity contribution in [3.63, 3.8) is 0 Å². The first-order valence-corrected chi connectivity index (χ1v) is 10.1. The van der Waals surface area contributed by atoms with Crippen molar-refractivity contribution in [3.8, 4) is 0 Å². The number of hydrogen-bond donors (Lipinski definition) is 0. The molecule has 0 heterocycles. The SMILES string of the molecule is [SeH][Se][Mo].[W]. The molecule has 0 aliphatic heterocycles. The van der Waals surface area contributed by atoms with E-state index in [1.807, 2.05) is 0 Å². The summed E-state index contributed by atoms with van der Waals surface area (Å²) in [5.41, 5.74) is 0. The predicted molar refractivity (Wildman–Crippen MR) is 12.9 cm³/mol. The van der Waals surface area contributed by atoms with E-state index in [2.05, 4.69) is 31.9 Å². The molecular formula is HMoSe2W. The Balaban J connectivity index is 0. The molecule has 0 atom stereocenters. The molecule has 0 N–H and O–H groups in total. The fourth-order valence-corrected chi connectivity index (χ4v) is 0. The van der Waals surface area contributed by atoms with Crippen LogP contribution in [-0.4, -0.2) is 24.7 Å². The van der Waals surface area contributed by atoms with Gasteiger partial charge in [0.25, 0.3) is 0 Å². The molecule has 0 saturated carbocycles. The van der Waals surface area contributed by atoms with Crippen LogP contribution in [0, 0.1) is 0 Å². The summed E-state index contributed by atoms with van der Waals surface area (Å²) >= 11 is 4.64. The van der Waals surface area contributed by atoms with E-state index in [4.69, 9.17) is 0 Å². The van der Waals surface area contributed by atoms with Crippen molar-refractivity contribution >= 4 is 24.7 Å².